The van der Waals surface area contributed by atoms with Crippen molar-refractivity contribution in [3.63, 3.8) is 0 Å². The van der Waals surface area contributed by atoms with E-state index in [1.165, 1.54) is 18.3 Å². The van der Waals surface area contributed by atoms with Gasteiger partial charge in [-0.05, 0) is 35.4 Å². The van der Waals surface area contributed by atoms with Gasteiger partial charge in [0, 0.05) is 47.9 Å². The van der Waals surface area contributed by atoms with E-state index in [0.717, 1.165) is 11.1 Å². The molecule has 0 atom stereocenters. The molecular weight excluding hydrogens is 481 g/mol. The first kappa shape index (κ1) is 23.4. The maximum Gasteiger partial charge on any atom is 0.253 e. The maximum absolute atomic E-state index is 14.4. The minimum Gasteiger partial charge on any atom is -0.360 e. The first-order chi connectivity index (χ1) is 17.5. The summed E-state index contributed by atoms with van der Waals surface area (Å²) in [7, 11) is 0. The third-order valence-corrected chi connectivity index (χ3v) is 6.18. The van der Waals surface area contributed by atoms with Gasteiger partial charge in [-0.2, -0.15) is 10.2 Å². The summed E-state index contributed by atoms with van der Waals surface area (Å²) in [5.74, 6) is -0.815. The number of rotatable bonds is 7. The van der Waals surface area contributed by atoms with Gasteiger partial charge < -0.3 is 14.9 Å². The molecule has 0 spiro atoms. The Bertz CT molecular complexity index is 1610. The number of H-pyrrole nitrogens is 1. The number of aromatic nitrogens is 4. The second kappa shape index (κ2) is 10.1. The Morgan fingerprint density at radius 3 is 2.69 bits per heavy atom. The van der Waals surface area contributed by atoms with E-state index in [0.29, 0.717) is 45.7 Å². The fourth-order valence-electron chi connectivity index (χ4n) is 3.95. The van der Waals surface area contributed by atoms with E-state index in [1.54, 1.807) is 35.2 Å². The Kier molecular flexibility index (Phi) is 6.60. The number of halogens is 2. The number of amides is 1. The fourth-order valence-corrected chi connectivity index (χ4v) is 4.16. The van der Waals surface area contributed by atoms with Crippen LogP contribution in [0.5, 0.6) is 0 Å². The minimum absolute atomic E-state index is 0.00569. The predicted molar refractivity (Wildman–Crippen MR) is 136 cm³/mol. The molecule has 0 unspecified atom stereocenters. The number of hydrogen-bond donors (Lipinski definition) is 2. The number of fused-ring (bicyclic) bond motifs is 1. The van der Waals surface area contributed by atoms with Crippen LogP contribution in [-0.4, -0.2) is 25.7 Å². The van der Waals surface area contributed by atoms with E-state index in [4.69, 9.17) is 11.6 Å². The van der Waals surface area contributed by atoms with Gasteiger partial charge in [0.2, 0.25) is 0 Å². The third kappa shape index (κ3) is 5.18. The molecule has 180 valence electrons. The van der Waals surface area contributed by atoms with Crippen molar-refractivity contribution in [2.45, 2.75) is 19.5 Å². The highest BCUT2D eigenvalue weighted by molar-refractivity contribution is 6.35. The van der Waals surface area contributed by atoms with Gasteiger partial charge in [-0.25, -0.2) is 4.39 Å². The second-order valence-electron chi connectivity index (χ2n) is 8.40. The van der Waals surface area contributed by atoms with Crippen molar-refractivity contribution in [2.24, 2.45) is 0 Å². The van der Waals surface area contributed by atoms with Crippen LogP contribution >= 0.6 is 11.6 Å². The van der Waals surface area contributed by atoms with Gasteiger partial charge in [0.05, 0.1) is 29.0 Å². The van der Waals surface area contributed by atoms with Crippen molar-refractivity contribution in [1.29, 1.82) is 0 Å². The average molecular weight is 502 g/mol. The van der Waals surface area contributed by atoms with Crippen LogP contribution in [0.15, 0.2) is 84.0 Å². The van der Waals surface area contributed by atoms with E-state index in [1.807, 2.05) is 30.3 Å². The first-order valence-electron chi connectivity index (χ1n) is 11.2. The molecule has 0 saturated heterocycles. The van der Waals surface area contributed by atoms with Gasteiger partial charge in [-0.1, -0.05) is 41.9 Å². The van der Waals surface area contributed by atoms with Crippen molar-refractivity contribution in [3.05, 3.63) is 128 Å². The molecule has 0 radical (unpaired) electrons. The number of pyridine rings is 1. The van der Waals surface area contributed by atoms with E-state index in [-0.39, 0.29) is 18.0 Å². The number of nitrogens with one attached hydrogen (secondary N) is 2. The molecule has 0 aliphatic heterocycles. The standard InChI is InChI=1S/C27H21ClFN5O2/c28-23-15-30-25-12-24(29)19(11-22(23)25)13-31-27(36)20-10-21(33-32-14-20)9-17-4-6-18(7-5-17)16-34-8-2-1-3-26(34)35/h1-8,10-12,14-15,30H,9,13,16H2,(H,31,36). The zero-order valence-electron chi connectivity index (χ0n) is 19.0. The number of nitrogens with zero attached hydrogens (tertiary/aromatic N) is 3. The summed E-state index contributed by atoms with van der Waals surface area (Å²) in [6.07, 6.45) is 5.21. The molecule has 7 nitrogen and oxygen atoms in total. The Hall–Kier alpha value is -4.30. The Morgan fingerprint density at radius 1 is 1.08 bits per heavy atom. The molecule has 1 amide bonds. The average Bonchev–Trinajstić information content (AvgIpc) is 3.24. The number of benzene rings is 2. The predicted octanol–water partition coefficient (Wildman–Crippen LogP) is 4.48. The molecular formula is C27H21ClFN5O2. The highest BCUT2D eigenvalue weighted by atomic mass is 35.5. The Labute approximate surface area is 210 Å². The van der Waals surface area contributed by atoms with E-state index < -0.39 is 5.82 Å². The van der Waals surface area contributed by atoms with Gasteiger partial charge in [-0.3, -0.25) is 9.59 Å². The highest BCUT2D eigenvalue weighted by Crippen LogP contribution is 2.25. The molecule has 5 aromatic rings. The summed E-state index contributed by atoms with van der Waals surface area (Å²) in [6.45, 7) is 0.491. The smallest absolute Gasteiger partial charge is 0.253 e. The molecule has 0 bridgehead atoms. The first-order valence-corrected chi connectivity index (χ1v) is 11.6. The van der Waals surface area contributed by atoms with Crippen LogP contribution in [0.1, 0.15) is 32.7 Å². The fraction of sp³-hybridized carbons (Fsp3) is 0.111. The second-order valence-corrected chi connectivity index (χ2v) is 8.81. The Morgan fingerprint density at radius 2 is 1.89 bits per heavy atom. The van der Waals surface area contributed by atoms with Crippen LogP contribution in [0.3, 0.4) is 0 Å². The van der Waals surface area contributed by atoms with Crippen LogP contribution in [0, 0.1) is 5.82 Å². The normalized spacial score (nSPS) is 11.1. The van der Waals surface area contributed by atoms with E-state index in [9.17, 15) is 14.0 Å². The summed E-state index contributed by atoms with van der Waals surface area (Å²) in [5.41, 5.74) is 3.82. The lowest BCUT2D eigenvalue weighted by Gasteiger charge is -2.09. The molecule has 0 saturated carbocycles. The van der Waals surface area contributed by atoms with E-state index >= 15 is 0 Å². The summed E-state index contributed by atoms with van der Waals surface area (Å²) >= 11 is 6.12. The lowest BCUT2D eigenvalue weighted by molar-refractivity contribution is 0.0950. The zero-order valence-corrected chi connectivity index (χ0v) is 19.8. The minimum atomic E-state index is -0.435. The monoisotopic (exact) mass is 501 g/mol. The quantitative estimate of drug-likeness (QED) is 0.344. The molecule has 0 aliphatic rings. The number of hydrogen-bond acceptors (Lipinski definition) is 4. The largest absolute Gasteiger partial charge is 0.360 e. The molecule has 5 rings (SSSR count). The topological polar surface area (TPSA) is 92.7 Å². The van der Waals surface area contributed by atoms with Gasteiger partial charge in [-0.15, -0.1) is 0 Å². The van der Waals surface area contributed by atoms with Crippen LogP contribution in [-0.2, 0) is 19.5 Å². The van der Waals surface area contributed by atoms with Crippen LogP contribution in [0.4, 0.5) is 4.39 Å². The number of carbonyl (C=O) groups excluding carboxylic acids is 1. The molecule has 3 aromatic heterocycles. The van der Waals surface area contributed by atoms with Crippen LogP contribution < -0.4 is 10.9 Å². The highest BCUT2D eigenvalue weighted by Gasteiger charge is 2.12. The molecule has 0 aliphatic carbocycles. The van der Waals surface area contributed by atoms with Gasteiger partial charge >= 0.3 is 0 Å². The SMILES string of the molecule is O=C(NCc1cc2c(Cl)c[nH]c2cc1F)c1cnnc(Cc2ccc(Cn3ccccc3=O)cc2)c1. The summed E-state index contributed by atoms with van der Waals surface area (Å²) in [6, 6.07) is 17.6. The lowest BCUT2D eigenvalue weighted by Crippen LogP contribution is -2.24. The van der Waals surface area contributed by atoms with Crippen LogP contribution in [0.25, 0.3) is 10.9 Å². The molecule has 3 heterocycles. The van der Waals surface area contributed by atoms with Crippen molar-refractivity contribution in [3.8, 4) is 0 Å². The molecule has 2 N–H and O–H groups in total. The van der Waals surface area contributed by atoms with E-state index in [2.05, 4.69) is 20.5 Å². The summed E-state index contributed by atoms with van der Waals surface area (Å²) in [5, 5.41) is 12.0. The molecule has 9 heteroatoms. The van der Waals surface area contributed by atoms with Crippen molar-refractivity contribution in [1.82, 2.24) is 25.1 Å². The summed E-state index contributed by atoms with van der Waals surface area (Å²) in [4.78, 5) is 27.5. The van der Waals surface area contributed by atoms with Crippen LogP contribution in [0.2, 0.25) is 5.02 Å². The van der Waals surface area contributed by atoms with Crippen molar-refractivity contribution in [2.75, 3.05) is 0 Å². The van der Waals surface area contributed by atoms with Crippen molar-refractivity contribution < 1.29 is 9.18 Å². The van der Waals surface area contributed by atoms with Gasteiger partial charge in [0.1, 0.15) is 5.82 Å². The Balaban J connectivity index is 1.23. The maximum atomic E-state index is 14.4. The number of aromatic amines is 1. The van der Waals surface area contributed by atoms with Gasteiger partial charge in [0.25, 0.3) is 11.5 Å². The zero-order chi connectivity index (χ0) is 25.1. The van der Waals surface area contributed by atoms with Crippen molar-refractivity contribution >= 4 is 28.4 Å². The molecule has 2 aromatic carbocycles. The third-order valence-electron chi connectivity index (χ3n) is 5.87. The summed E-state index contributed by atoms with van der Waals surface area (Å²) < 4.78 is 16.0. The lowest BCUT2D eigenvalue weighted by atomic mass is 10.1. The molecule has 36 heavy (non-hydrogen) atoms. The molecule has 0 fully saturated rings. The van der Waals surface area contributed by atoms with Gasteiger partial charge in [0.15, 0.2) is 0 Å². The number of carbonyl (C=O) groups is 1.